The van der Waals surface area contributed by atoms with Crippen molar-refractivity contribution in [1.82, 2.24) is 4.90 Å². The van der Waals surface area contributed by atoms with Crippen LogP contribution >= 0.6 is 0 Å². The molecule has 5 heteroatoms. The highest BCUT2D eigenvalue weighted by atomic mass is 19.1. The fraction of sp³-hybridized carbons (Fsp3) is 0.500. The molecule has 4 nitrogen and oxygen atoms in total. The van der Waals surface area contributed by atoms with Gasteiger partial charge in [-0.15, -0.1) is 0 Å². The molecule has 1 aliphatic heterocycles. The lowest BCUT2D eigenvalue weighted by Crippen LogP contribution is -2.48. The molecular formula is C16H21FN2O2. The summed E-state index contributed by atoms with van der Waals surface area (Å²) in [6.45, 7) is 2.35. The topological polar surface area (TPSA) is 63.4 Å². The molecule has 0 saturated carbocycles. The van der Waals surface area contributed by atoms with Gasteiger partial charge >= 0.3 is 0 Å². The van der Waals surface area contributed by atoms with E-state index in [0.29, 0.717) is 18.5 Å². The molecule has 0 aromatic heterocycles. The monoisotopic (exact) mass is 292 g/mol. The number of nitrogens with zero attached hydrogens (tertiary/aromatic N) is 1. The van der Waals surface area contributed by atoms with Gasteiger partial charge in [0.25, 0.3) is 0 Å². The van der Waals surface area contributed by atoms with Gasteiger partial charge in [-0.25, -0.2) is 4.39 Å². The van der Waals surface area contributed by atoms with E-state index in [1.807, 2.05) is 6.92 Å². The van der Waals surface area contributed by atoms with E-state index in [4.69, 9.17) is 5.73 Å². The van der Waals surface area contributed by atoms with Gasteiger partial charge in [-0.1, -0.05) is 18.2 Å². The number of benzene rings is 1. The number of carbonyl (C=O) groups is 2. The Kier molecular flexibility index (Phi) is 4.94. The van der Waals surface area contributed by atoms with Crippen molar-refractivity contribution in [3.8, 4) is 0 Å². The number of rotatable bonds is 4. The van der Waals surface area contributed by atoms with Gasteiger partial charge in [-0.05, 0) is 37.8 Å². The van der Waals surface area contributed by atoms with E-state index in [0.717, 1.165) is 12.8 Å². The van der Waals surface area contributed by atoms with Crippen LogP contribution in [0.2, 0.25) is 0 Å². The van der Waals surface area contributed by atoms with Crippen LogP contribution in [0.3, 0.4) is 0 Å². The van der Waals surface area contributed by atoms with Crippen molar-refractivity contribution in [2.24, 2.45) is 11.7 Å². The van der Waals surface area contributed by atoms with E-state index >= 15 is 0 Å². The molecule has 1 aliphatic rings. The van der Waals surface area contributed by atoms with Crippen molar-refractivity contribution in [3.05, 3.63) is 35.6 Å². The molecule has 0 unspecified atom stereocenters. The predicted molar refractivity (Wildman–Crippen MR) is 77.8 cm³/mol. The Bertz CT molecular complexity index is 533. The Morgan fingerprint density at radius 3 is 2.71 bits per heavy atom. The Morgan fingerprint density at radius 2 is 2.05 bits per heavy atom. The smallest absolute Gasteiger partial charge is 0.223 e. The zero-order chi connectivity index (χ0) is 15.4. The maximum absolute atomic E-state index is 13.5. The van der Waals surface area contributed by atoms with Gasteiger partial charge in [0.1, 0.15) is 5.82 Å². The highest BCUT2D eigenvalue weighted by Crippen LogP contribution is 2.23. The van der Waals surface area contributed by atoms with E-state index in [1.165, 1.54) is 6.07 Å². The molecule has 1 fully saturated rings. The van der Waals surface area contributed by atoms with Crippen LogP contribution in [0, 0.1) is 11.7 Å². The van der Waals surface area contributed by atoms with Crippen LogP contribution in [0.4, 0.5) is 4.39 Å². The molecule has 1 saturated heterocycles. The number of hydrogen-bond donors (Lipinski definition) is 1. The Hall–Kier alpha value is -1.91. The second-order valence-corrected chi connectivity index (χ2v) is 5.66. The maximum Gasteiger partial charge on any atom is 0.223 e. The van der Waals surface area contributed by atoms with Gasteiger partial charge in [0, 0.05) is 19.0 Å². The molecule has 1 aromatic carbocycles. The van der Waals surface area contributed by atoms with Crippen LogP contribution in [-0.4, -0.2) is 29.3 Å². The first-order valence-corrected chi connectivity index (χ1v) is 7.31. The van der Waals surface area contributed by atoms with Crippen molar-refractivity contribution >= 4 is 11.8 Å². The molecule has 0 bridgehead atoms. The summed E-state index contributed by atoms with van der Waals surface area (Å²) >= 11 is 0. The first-order valence-electron chi connectivity index (χ1n) is 7.31. The van der Waals surface area contributed by atoms with E-state index in [9.17, 15) is 14.0 Å². The highest BCUT2D eigenvalue weighted by molar-refractivity contribution is 5.80. The number of aryl methyl sites for hydroxylation is 1. The normalized spacial score (nSPS) is 22.1. The second-order valence-electron chi connectivity index (χ2n) is 5.66. The Morgan fingerprint density at radius 1 is 1.33 bits per heavy atom. The number of piperidine rings is 1. The third-order valence-corrected chi connectivity index (χ3v) is 4.17. The standard InChI is InChI=1S/C16H21FN2O2/c1-11-6-7-13(16(18)21)10-19(11)15(20)9-8-12-4-2-3-5-14(12)17/h2-5,11,13H,6-10H2,1H3,(H2,18,21)/t11-,13+/m0/s1. The molecule has 2 rings (SSSR count). The third-order valence-electron chi connectivity index (χ3n) is 4.17. The molecule has 0 radical (unpaired) electrons. The first-order chi connectivity index (χ1) is 9.99. The lowest BCUT2D eigenvalue weighted by Gasteiger charge is -2.37. The maximum atomic E-state index is 13.5. The molecule has 21 heavy (non-hydrogen) atoms. The van der Waals surface area contributed by atoms with Crippen molar-refractivity contribution in [3.63, 3.8) is 0 Å². The molecular weight excluding hydrogens is 271 g/mol. The summed E-state index contributed by atoms with van der Waals surface area (Å²) in [5.74, 6) is -0.948. The Balaban J connectivity index is 1.95. The van der Waals surface area contributed by atoms with Crippen molar-refractivity contribution in [2.45, 2.75) is 38.6 Å². The van der Waals surface area contributed by atoms with Gasteiger partial charge in [0.2, 0.25) is 11.8 Å². The number of primary amides is 1. The van der Waals surface area contributed by atoms with Gasteiger partial charge in [-0.3, -0.25) is 9.59 Å². The summed E-state index contributed by atoms with van der Waals surface area (Å²) in [6, 6.07) is 6.58. The molecule has 0 aliphatic carbocycles. The summed E-state index contributed by atoms with van der Waals surface area (Å²) in [6.07, 6.45) is 2.12. The zero-order valence-electron chi connectivity index (χ0n) is 12.2. The van der Waals surface area contributed by atoms with E-state index in [-0.39, 0.29) is 36.0 Å². The van der Waals surface area contributed by atoms with Gasteiger partial charge in [0.05, 0.1) is 5.92 Å². The number of halogens is 1. The minimum Gasteiger partial charge on any atom is -0.369 e. The summed E-state index contributed by atoms with van der Waals surface area (Å²) in [7, 11) is 0. The quantitative estimate of drug-likeness (QED) is 0.921. The van der Waals surface area contributed by atoms with Crippen LogP contribution in [0.5, 0.6) is 0 Å². The largest absolute Gasteiger partial charge is 0.369 e. The zero-order valence-corrected chi connectivity index (χ0v) is 12.2. The fourth-order valence-corrected chi connectivity index (χ4v) is 2.77. The number of hydrogen-bond acceptors (Lipinski definition) is 2. The SMILES string of the molecule is C[C@H]1CC[C@@H](C(N)=O)CN1C(=O)CCc1ccccc1F. The van der Waals surface area contributed by atoms with Crippen molar-refractivity contribution in [1.29, 1.82) is 0 Å². The van der Waals surface area contributed by atoms with Gasteiger partial charge in [0.15, 0.2) is 0 Å². The van der Waals surface area contributed by atoms with E-state index < -0.39 is 0 Å². The number of carbonyl (C=O) groups excluding carboxylic acids is 2. The number of likely N-dealkylation sites (tertiary alicyclic amines) is 1. The summed E-state index contributed by atoms with van der Waals surface area (Å²) in [4.78, 5) is 25.3. The third kappa shape index (κ3) is 3.80. The van der Waals surface area contributed by atoms with Crippen LogP contribution in [0.1, 0.15) is 31.7 Å². The summed E-state index contributed by atoms with van der Waals surface area (Å²) in [5.41, 5.74) is 5.88. The molecule has 1 heterocycles. The van der Waals surface area contributed by atoms with Gasteiger partial charge < -0.3 is 10.6 Å². The van der Waals surface area contributed by atoms with Crippen LogP contribution in [0.15, 0.2) is 24.3 Å². The second kappa shape index (κ2) is 6.70. The molecule has 1 aromatic rings. The minimum atomic E-state index is -0.353. The Labute approximate surface area is 124 Å². The first kappa shape index (κ1) is 15.5. The lowest BCUT2D eigenvalue weighted by molar-refractivity contribution is -0.137. The summed E-state index contributed by atoms with van der Waals surface area (Å²) in [5, 5.41) is 0. The van der Waals surface area contributed by atoms with Crippen molar-refractivity contribution in [2.75, 3.05) is 6.54 Å². The number of nitrogens with two attached hydrogens (primary N) is 1. The minimum absolute atomic E-state index is 0.0447. The average molecular weight is 292 g/mol. The average Bonchev–Trinajstić information content (AvgIpc) is 2.46. The molecule has 114 valence electrons. The van der Waals surface area contributed by atoms with Gasteiger partial charge in [-0.2, -0.15) is 0 Å². The fourth-order valence-electron chi connectivity index (χ4n) is 2.77. The van der Waals surface area contributed by atoms with Crippen LogP contribution in [0.25, 0.3) is 0 Å². The lowest BCUT2D eigenvalue weighted by atomic mass is 9.92. The van der Waals surface area contributed by atoms with Crippen LogP contribution in [-0.2, 0) is 16.0 Å². The number of amides is 2. The van der Waals surface area contributed by atoms with E-state index in [1.54, 1.807) is 23.1 Å². The summed E-state index contributed by atoms with van der Waals surface area (Å²) < 4.78 is 13.5. The van der Waals surface area contributed by atoms with Crippen LogP contribution < -0.4 is 5.73 Å². The van der Waals surface area contributed by atoms with E-state index in [2.05, 4.69) is 0 Å². The molecule has 0 spiro atoms. The van der Waals surface area contributed by atoms with Crippen molar-refractivity contribution < 1.29 is 14.0 Å². The predicted octanol–water partition coefficient (Wildman–Crippen LogP) is 1.87. The highest BCUT2D eigenvalue weighted by Gasteiger charge is 2.31. The molecule has 2 N–H and O–H groups in total. The molecule has 2 amide bonds. The molecule has 2 atom stereocenters.